The number of anilines is 1. The van der Waals surface area contributed by atoms with E-state index >= 15 is 0 Å². The normalized spacial score (nSPS) is 12.8. The smallest absolute Gasteiger partial charge is 0.387 e. The lowest BCUT2D eigenvalue weighted by Crippen LogP contribution is -2.22. The molecule has 0 unspecified atom stereocenters. The number of carbonyl (C=O) groups is 2. The van der Waals surface area contributed by atoms with Crippen LogP contribution < -0.4 is 9.64 Å². The van der Waals surface area contributed by atoms with E-state index in [2.05, 4.69) is 14.5 Å². The zero-order valence-electron chi connectivity index (χ0n) is 16.1. The van der Waals surface area contributed by atoms with E-state index in [0.29, 0.717) is 16.8 Å². The number of hydrogen-bond donors (Lipinski definition) is 0. The van der Waals surface area contributed by atoms with Crippen LogP contribution in [-0.4, -0.2) is 30.6 Å². The minimum Gasteiger partial charge on any atom is -0.465 e. The molecule has 0 N–H and O–H groups in total. The number of pyridine rings is 1. The molecule has 4 rings (SSSR count). The van der Waals surface area contributed by atoms with Crippen molar-refractivity contribution in [2.75, 3.05) is 12.0 Å². The van der Waals surface area contributed by atoms with Crippen LogP contribution in [0.2, 0.25) is 0 Å². The first-order valence-electron chi connectivity index (χ1n) is 9.12. The maximum absolute atomic E-state index is 13.3. The van der Waals surface area contributed by atoms with Crippen LogP contribution in [0.4, 0.5) is 18.9 Å². The Bertz CT molecular complexity index is 1170. The minimum absolute atomic E-state index is 0.0264. The summed E-state index contributed by atoms with van der Waals surface area (Å²) in [6, 6.07) is 10.9. The second-order valence-electron chi connectivity index (χ2n) is 6.63. The number of methoxy groups -OCH3 is 1. The molecule has 31 heavy (non-hydrogen) atoms. The number of carbonyl (C=O) groups excluding carboxylic acids is 2. The van der Waals surface area contributed by atoms with Crippen LogP contribution in [-0.2, 0) is 11.3 Å². The third-order valence-corrected chi connectivity index (χ3v) is 4.86. The van der Waals surface area contributed by atoms with Gasteiger partial charge >= 0.3 is 12.6 Å². The molecule has 0 saturated heterocycles. The molecule has 1 aromatic heterocycles. The van der Waals surface area contributed by atoms with Crippen molar-refractivity contribution in [3.63, 3.8) is 0 Å². The summed E-state index contributed by atoms with van der Waals surface area (Å²) in [5.74, 6) is -1.75. The largest absolute Gasteiger partial charge is 0.465 e. The first-order valence-corrected chi connectivity index (χ1v) is 9.12. The Morgan fingerprint density at radius 1 is 1.10 bits per heavy atom. The highest BCUT2D eigenvalue weighted by atomic mass is 19.3. The Morgan fingerprint density at radius 3 is 2.52 bits per heavy atom. The summed E-state index contributed by atoms with van der Waals surface area (Å²) < 4.78 is 48.6. The number of ether oxygens (including phenoxy) is 2. The number of hydrogen-bond acceptors (Lipinski definition) is 5. The summed E-state index contributed by atoms with van der Waals surface area (Å²) in [6.07, 6.45) is 1.39. The van der Waals surface area contributed by atoms with Crippen molar-refractivity contribution in [2.45, 2.75) is 13.2 Å². The van der Waals surface area contributed by atoms with Gasteiger partial charge in [-0.05, 0) is 48.5 Å². The van der Waals surface area contributed by atoms with Gasteiger partial charge in [0.2, 0.25) is 0 Å². The van der Waals surface area contributed by atoms with Gasteiger partial charge in [0, 0.05) is 28.6 Å². The molecule has 9 heteroatoms. The fourth-order valence-corrected chi connectivity index (χ4v) is 3.45. The Hall–Kier alpha value is -3.88. The van der Waals surface area contributed by atoms with Gasteiger partial charge in [-0.1, -0.05) is 0 Å². The number of esters is 1. The standard InChI is InChI=1S/C22H15F3N2O4/c1-30-21(29)12-2-7-16(18(10-12)31-22(24)25)19-17-11-27(14-5-3-13(23)4-6-14)20(28)15(17)8-9-26-19/h2-10,22H,11H2,1H3. The van der Waals surface area contributed by atoms with Crippen molar-refractivity contribution in [1.82, 2.24) is 4.98 Å². The molecule has 1 aliphatic heterocycles. The monoisotopic (exact) mass is 428 g/mol. The topological polar surface area (TPSA) is 68.7 Å². The van der Waals surface area contributed by atoms with Gasteiger partial charge in [-0.3, -0.25) is 9.78 Å². The van der Waals surface area contributed by atoms with Gasteiger partial charge in [0.25, 0.3) is 5.91 Å². The van der Waals surface area contributed by atoms with E-state index in [9.17, 15) is 22.8 Å². The van der Waals surface area contributed by atoms with Crippen molar-refractivity contribution >= 4 is 17.6 Å². The summed E-state index contributed by atoms with van der Waals surface area (Å²) in [6.45, 7) is -3.03. The van der Waals surface area contributed by atoms with E-state index in [-0.39, 0.29) is 35.0 Å². The molecule has 1 amide bonds. The van der Waals surface area contributed by atoms with E-state index in [1.165, 1.54) is 60.7 Å². The second kappa shape index (κ2) is 8.10. The number of amides is 1. The van der Waals surface area contributed by atoms with Gasteiger partial charge in [0.15, 0.2) is 0 Å². The van der Waals surface area contributed by atoms with Crippen molar-refractivity contribution in [2.24, 2.45) is 0 Å². The predicted molar refractivity (Wildman–Crippen MR) is 105 cm³/mol. The number of rotatable bonds is 5. The molecule has 0 fully saturated rings. The molecule has 0 spiro atoms. The highest BCUT2D eigenvalue weighted by Gasteiger charge is 2.32. The molecular formula is C22H15F3N2O4. The Balaban J connectivity index is 1.79. The van der Waals surface area contributed by atoms with Crippen molar-refractivity contribution in [1.29, 1.82) is 0 Å². The number of nitrogens with zero attached hydrogens (tertiary/aromatic N) is 2. The van der Waals surface area contributed by atoms with Gasteiger partial charge in [-0.15, -0.1) is 0 Å². The molecule has 0 aliphatic carbocycles. The summed E-state index contributed by atoms with van der Waals surface area (Å²) in [7, 11) is 1.17. The average Bonchev–Trinajstić information content (AvgIpc) is 3.10. The molecule has 0 atom stereocenters. The summed E-state index contributed by atoms with van der Waals surface area (Å²) in [4.78, 5) is 30.4. The second-order valence-corrected chi connectivity index (χ2v) is 6.63. The Labute approximate surface area is 174 Å². The van der Waals surface area contributed by atoms with Gasteiger partial charge in [-0.25, -0.2) is 9.18 Å². The quantitative estimate of drug-likeness (QED) is 0.562. The SMILES string of the molecule is COC(=O)c1ccc(-c2nccc3c2CN(c2ccc(F)cc2)C3=O)c(OC(F)F)c1. The van der Waals surface area contributed by atoms with E-state index in [1.807, 2.05) is 0 Å². The zero-order chi connectivity index (χ0) is 22.1. The van der Waals surface area contributed by atoms with E-state index in [0.717, 1.165) is 6.07 Å². The fraction of sp³-hybridized carbons (Fsp3) is 0.136. The molecule has 158 valence electrons. The number of halogens is 3. The molecule has 1 aliphatic rings. The molecule has 0 saturated carbocycles. The maximum Gasteiger partial charge on any atom is 0.387 e. The van der Waals surface area contributed by atoms with Gasteiger partial charge in [-0.2, -0.15) is 8.78 Å². The van der Waals surface area contributed by atoms with Crippen LogP contribution >= 0.6 is 0 Å². The van der Waals surface area contributed by atoms with E-state index in [4.69, 9.17) is 0 Å². The molecule has 2 heterocycles. The highest BCUT2D eigenvalue weighted by molar-refractivity contribution is 6.11. The fourth-order valence-electron chi connectivity index (χ4n) is 3.45. The molecule has 3 aromatic rings. The number of fused-ring (bicyclic) bond motifs is 1. The zero-order valence-corrected chi connectivity index (χ0v) is 16.1. The van der Waals surface area contributed by atoms with E-state index in [1.54, 1.807) is 0 Å². The predicted octanol–water partition coefficient (Wildman–Crippen LogP) is 4.44. The van der Waals surface area contributed by atoms with Crippen molar-refractivity contribution in [3.05, 3.63) is 77.2 Å². The molecule has 0 bridgehead atoms. The van der Waals surface area contributed by atoms with Gasteiger partial charge in [0.1, 0.15) is 11.6 Å². The van der Waals surface area contributed by atoms with Crippen LogP contribution in [0.1, 0.15) is 26.3 Å². The number of alkyl halides is 2. The van der Waals surface area contributed by atoms with Crippen LogP contribution in [0.25, 0.3) is 11.3 Å². The lowest BCUT2D eigenvalue weighted by Gasteiger charge is -2.16. The molecule has 0 radical (unpaired) electrons. The van der Waals surface area contributed by atoms with Crippen LogP contribution in [0.5, 0.6) is 5.75 Å². The van der Waals surface area contributed by atoms with Crippen LogP contribution in [0.3, 0.4) is 0 Å². The lowest BCUT2D eigenvalue weighted by molar-refractivity contribution is -0.0495. The van der Waals surface area contributed by atoms with Crippen LogP contribution in [0.15, 0.2) is 54.7 Å². The number of aromatic nitrogens is 1. The summed E-state index contributed by atoms with van der Waals surface area (Å²) >= 11 is 0. The Kier molecular flexibility index (Phi) is 5.33. The van der Waals surface area contributed by atoms with Gasteiger partial charge in [0.05, 0.1) is 24.9 Å². The lowest BCUT2D eigenvalue weighted by atomic mass is 10.0. The maximum atomic E-state index is 13.3. The first-order chi connectivity index (χ1) is 14.9. The van der Waals surface area contributed by atoms with Crippen molar-refractivity contribution in [3.8, 4) is 17.0 Å². The molecular weight excluding hydrogens is 413 g/mol. The highest BCUT2D eigenvalue weighted by Crippen LogP contribution is 2.38. The summed E-state index contributed by atoms with van der Waals surface area (Å²) in [5, 5.41) is 0. The third-order valence-electron chi connectivity index (χ3n) is 4.86. The molecule has 2 aromatic carbocycles. The summed E-state index contributed by atoms with van der Waals surface area (Å²) in [5.41, 5.74) is 1.81. The van der Waals surface area contributed by atoms with Crippen LogP contribution in [0, 0.1) is 5.82 Å². The minimum atomic E-state index is -3.14. The van der Waals surface area contributed by atoms with Crippen molar-refractivity contribution < 1.29 is 32.2 Å². The first kappa shape index (κ1) is 20.4. The Morgan fingerprint density at radius 2 is 1.84 bits per heavy atom. The average molecular weight is 428 g/mol. The number of benzene rings is 2. The third kappa shape index (κ3) is 3.81. The van der Waals surface area contributed by atoms with Gasteiger partial charge < -0.3 is 14.4 Å². The molecule has 6 nitrogen and oxygen atoms in total. The van der Waals surface area contributed by atoms with E-state index < -0.39 is 18.4 Å².